The van der Waals surface area contributed by atoms with Gasteiger partial charge in [0.2, 0.25) is 0 Å². The van der Waals surface area contributed by atoms with Crippen LogP contribution in [0.1, 0.15) is 52.8 Å². The van der Waals surface area contributed by atoms with E-state index in [1.165, 1.54) is 0 Å². The van der Waals surface area contributed by atoms with Crippen molar-refractivity contribution in [2.24, 2.45) is 10.8 Å². The summed E-state index contributed by atoms with van der Waals surface area (Å²) < 4.78 is 12.0. The zero-order chi connectivity index (χ0) is 16.5. The molecule has 0 bridgehead atoms. The Hall–Kier alpha value is -0.890. The van der Waals surface area contributed by atoms with Crippen molar-refractivity contribution in [2.75, 3.05) is 0 Å². The lowest BCUT2D eigenvalue weighted by molar-refractivity contribution is 0.351. The Morgan fingerprint density at radius 3 is 1.76 bits per heavy atom. The third-order valence-corrected chi connectivity index (χ3v) is 4.62. The molecule has 0 aliphatic rings. The summed E-state index contributed by atoms with van der Waals surface area (Å²) in [6, 6.07) is 8.99. The molecule has 0 saturated heterocycles. The van der Waals surface area contributed by atoms with Crippen molar-refractivity contribution in [2.45, 2.75) is 47.2 Å². The Labute approximate surface area is 128 Å². The predicted octanol–water partition coefficient (Wildman–Crippen LogP) is 4.92. The van der Waals surface area contributed by atoms with Gasteiger partial charge in [0.05, 0.1) is 0 Å². The van der Waals surface area contributed by atoms with Gasteiger partial charge in [-0.3, -0.25) is 4.57 Å². The molecule has 0 heterocycles. The van der Waals surface area contributed by atoms with Gasteiger partial charge in [0.1, 0.15) is 5.66 Å². The van der Waals surface area contributed by atoms with Crippen molar-refractivity contribution < 1.29 is 14.4 Å². The van der Waals surface area contributed by atoms with Crippen molar-refractivity contribution in [3.05, 3.63) is 47.5 Å². The summed E-state index contributed by atoms with van der Waals surface area (Å²) in [6.07, 6.45) is 1.77. The van der Waals surface area contributed by atoms with Crippen LogP contribution in [0, 0.1) is 10.8 Å². The fraction of sp³-hybridized carbons (Fsp3) is 0.529. The van der Waals surface area contributed by atoms with Crippen LogP contribution in [-0.2, 0) is 4.57 Å². The molecule has 118 valence electrons. The minimum Gasteiger partial charge on any atom is -0.324 e. The van der Waals surface area contributed by atoms with Gasteiger partial charge in [0.15, 0.2) is 0 Å². The standard InChI is InChI=1S/C17H27O3P/c1-16(2,3)15(17(4,5)6)12-14(21(18,19)20)13-10-8-7-9-11-13/h7-12,14H,1-6H3,(H2,18,19,20). The highest BCUT2D eigenvalue weighted by Crippen LogP contribution is 2.55. The van der Waals surface area contributed by atoms with Gasteiger partial charge in [0, 0.05) is 0 Å². The van der Waals surface area contributed by atoms with E-state index >= 15 is 0 Å². The lowest BCUT2D eigenvalue weighted by atomic mass is 9.71. The molecule has 0 saturated carbocycles. The fourth-order valence-corrected chi connectivity index (χ4v) is 3.72. The van der Waals surface area contributed by atoms with Gasteiger partial charge in [-0.1, -0.05) is 83.5 Å². The molecule has 0 aromatic heterocycles. The van der Waals surface area contributed by atoms with Crippen LogP contribution in [0.4, 0.5) is 0 Å². The minimum atomic E-state index is -4.27. The average molecular weight is 310 g/mol. The van der Waals surface area contributed by atoms with Gasteiger partial charge in [-0.05, 0) is 16.4 Å². The Bertz CT molecular complexity index is 526. The van der Waals surface area contributed by atoms with E-state index in [0.717, 1.165) is 5.57 Å². The van der Waals surface area contributed by atoms with E-state index in [1.807, 2.05) is 6.07 Å². The summed E-state index contributed by atoms with van der Waals surface area (Å²) in [5, 5.41) is 0. The molecule has 1 aromatic rings. The smallest absolute Gasteiger partial charge is 0.324 e. The van der Waals surface area contributed by atoms with Crippen LogP contribution in [0.3, 0.4) is 0 Å². The first-order chi connectivity index (χ1) is 9.33. The van der Waals surface area contributed by atoms with Crippen LogP contribution < -0.4 is 0 Å². The molecule has 1 rings (SSSR count). The summed E-state index contributed by atoms with van der Waals surface area (Å²) in [6.45, 7) is 12.5. The molecule has 1 atom stereocenters. The molecule has 21 heavy (non-hydrogen) atoms. The Kier molecular flexibility index (Phi) is 5.26. The maximum absolute atomic E-state index is 12.0. The molecule has 0 aliphatic heterocycles. The van der Waals surface area contributed by atoms with Crippen LogP contribution in [0.5, 0.6) is 0 Å². The molecule has 2 N–H and O–H groups in total. The van der Waals surface area contributed by atoms with Crippen molar-refractivity contribution in [3.63, 3.8) is 0 Å². The summed E-state index contributed by atoms with van der Waals surface area (Å²) in [5.74, 6) is 0. The zero-order valence-electron chi connectivity index (χ0n) is 13.8. The number of hydrogen-bond acceptors (Lipinski definition) is 1. The molecule has 3 nitrogen and oxygen atoms in total. The molecule has 0 spiro atoms. The van der Waals surface area contributed by atoms with E-state index in [2.05, 4.69) is 41.5 Å². The van der Waals surface area contributed by atoms with Crippen molar-refractivity contribution >= 4 is 7.60 Å². The molecular weight excluding hydrogens is 283 g/mol. The van der Waals surface area contributed by atoms with Crippen LogP contribution in [-0.4, -0.2) is 9.79 Å². The monoisotopic (exact) mass is 310 g/mol. The zero-order valence-corrected chi connectivity index (χ0v) is 14.7. The van der Waals surface area contributed by atoms with E-state index < -0.39 is 13.3 Å². The summed E-state index contributed by atoms with van der Waals surface area (Å²) in [5.41, 5.74) is 0.497. The molecule has 0 amide bonds. The summed E-state index contributed by atoms with van der Waals surface area (Å²) in [4.78, 5) is 19.6. The van der Waals surface area contributed by atoms with Gasteiger partial charge in [-0.25, -0.2) is 0 Å². The van der Waals surface area contributed by atoms with Gasteiger partial charge in [-0.15, -0.1) is 0 Å². The van der Waals surface area contributed by atoms with E-state index in [-0.39, 0.29) is 10.8 Å². The molecule has 1 unspecified atom stereocenters. The van der Waals surface area contributed by atoms with Gasteiger partial charge in [0.25, 0.3) is 0 Å². The first-order valence-electron chi connectivity index (χ1n) is 7.16. The molecule has 0 fully saturated rings. The second kappa shape index (κ2) is 6.08. The van der Waals surface area contributed by atoms with Crippen LogP contribution in [0.25, 0.3) is 0 Å². The second-order valence-electron chi connectivity index (χ2n) is 7.52. The Balaban J connectivity index is 3.47. The van der Waals surface area contributed by atoms with Crippen molar-refractivity contribution in [1.29, 1.82) is 0 Å². The third kappa shape index (κ3) is 5.10. The van der Waals surface area contributed by atoms with Crippen LogP contribution >= 0.6 is 7.60 Å². The van der Waals surface area contributed by atoms with Gasteiger partial charge < -0.3 is 9.79 Å². The first-order valence-corrected chi connectivity index (χ1v) is 8.84. The first kappa shape index (κ1) is 18.2. The van der Waals surface area contributed by atoms with E-state index in [1.54, 1.807) is 30.3 Å². The van der Waals surface area contributed by atoms with E-state index in [0.29, 0.717) is 5.56 Å². The molecule has 4 heteroatoms. The second-order valence-corrected chi connectivity index (χ2v) is 9.26. The fourth-order valence-electron chi connectivity index (χ4n) is 2.82. The lowest BCUT2D eigenvalue weighted by Gasteiger charge is -2.35. The minimum absolute atomic E-state index is 0.152. The average Bonchev–Trinajstić information content (AvgIpc) is 2.25. The number of benzene rings is 1. The highest BCUT2D eigenvalue weighted by molar-refractivity contribution is 7.52. The van der Waals surface area contributed by atoms with Crippen LogP contribution in [0.15, 0.2) is 42.0 Å². The Morgan fingerprint density at radius 2 is 1.43 bits per heavy atom. The topological polar surface area (TPSA) is 57.5 Å². The Morgan fingerprint density at radius 1 is 1.00 bits per heavy atom. The summed E-state index contributed by atoms with van der Waals surface area (Å²) in [7, 11) is -4.27. The van der Waals surface area contributed by atoms with Gasteiger partial charge in [-0.2, -0.15) is 0 Å². The molecular formula is C17H27O3P. The molecule has 0 radical (unpaired) electrons. The van der Waals surface area contributed by atoms with Crippen LogP contribution in [0.2, 0.25) is 0 Å². The lowest BCUT2D eigenvalue weighted by Crippen LogP contribution is -2.23. The van der Waals surface area contributed by atoms with E-state index in [9.17, 15) is 14.4 Å². The maximum Gasteiger partial charge on any atom is 0.336 e. The predicted molar refractivity (Wildman–Crippen MR) is 88.2 cm³/mol. The highest BCUT2D eigenvalue weighted by Gasteiger charge is 2.34. The normalized spacial score (nSPS) is 14.7. The van der Waals surface area contributed by atoms with Crippen molar-refractivity contribution in [1.82, 2.24) is 0 Å². The largest absolute Gasteiger partial charge is 0.336 e. The highest BCUT2D eigenvalue weighted by atomic mass is 31.2. The molecule has 0 aliphatic carbocycles. The SMILES string of the molecule is CC(C)(C)C(=CC(c1ccccc1)P(=O)(O)O)C(C)(C)C. The quantitative estimate of drug-likeness (QED) is 0.615. The number of hydrogen-bond donors (Lipinski definition) is 2. The number of allylic oxidation sites excluding steroid dienone is 2. The molecule has 1 aromatic carbocycles. The van der Waals surface area contributed by atoms with E-state index in [4.69, 9.17) is 0 Å². The maximum atomic E-state index is 12.0. The van der Waals surface area contributed by atoms with Gasteiger partial charge >= 0.3 is 7.60 Å². The third-order valence-electron chi connectivity index (χ3n) is 3.44. The summed E-state index contributed by atoms with van der Waals surface area (Å²) >= 11 is 0. The number of rotatable bonds is 3. The van der Waals surface area contributed by atoms with Crippen molar-refractivity contribution in [3.8, 4) is 0 Å².